The molecule has 1 atom stereocenters. The van der Waals surface area contributed by atoms with Crippen molar-refractivity contribution < 1.29 is 8.42 Å². The average Bonchev–Trinajstić information content (AvgIpc) is 2.59. The van der Waals surface area contributed by atoms with Crippen molar-refractivity contribution >= 4 is 15.8 Å². The lowest BCUT2D eigenvalue weighted by Gasteiger charge is -2.41. The first-order valence-corrected chi connectivity index (χ1v) is 10.8. The number of sulfone groups is 1. The van der Waals surface area contributed by atoms with Gasteiger partial charge in [-0.3, -0.25) is 4.99 Å². The van der Waals surface area contributed by atoms with Crippen molar-refractivity contribution in [2.45, 2.75) is 56.9 Å². The van der Waals surface area contributed by atoms with Crippen LogP contribution in [0.25, 0.3) is 0 Å². The summed E-state index contributed by atoms with van der Waals surface area (Å²) < 4.78 is 25.2. The Bertz CT molecular complexity index is 662. The van der Waals surface area contributed by atoms with E-state index in [-0.39, 0.29) is 11.8 Å². The number of rotatable bonds is 8. The average molecular weight is 366 g/mol. The molecule has 1 aliphatic rings. The molecular weight excluding hydrogens is 334 g/mol. The van der Waals surface area contributed by atoms with E-state index in [1.165, 1.54) is 19.3 Å². The molecule has 1 unspecified atom stereocenters. The van der Waals surface area contributed by atoms with Gasteiger partial charge in [0, 0.05) is 19.6 Å². The lowest BCUT2D eigenvalue weighted by Crippen LogP contribution is -2.50. The Morgan fingerprint density at radius 1 is 1.24 bits per heavy atom. The van der Waals surface area contributed by atoms with Crippen LogP contribution in [0.3, 0.4) is 0 Å². The van der Waals surface area contributed by atoms with E-state index in [0.717, 1.165) is 13.0 Å². The highest BCUT2D eigenvalue weighted by Crippen LogP contribution is 2.42. The summed E-state index contributed by atoms with van der Waals surface area (Å²) >= 11 is 0. The molecule has 0 bridgehead atoms. The molecule has 25 heavy (non-hydrogen) atoms. The van der Waals surface area contributed by atoms with E-state index in [0.29, 0.717) is 22.7 Å². The number of hydrogen-bond donors (Lipinski definition) is 2. The van der Waals surface area contributed by atoms with Crippen molar-refractivity contribution in [1.29, 1.82) is 0 Å². The maximum atomic E-state index is 12.6. The van der Waals surface area contributed by atoms with Crippen molar-refractivity contribution in [2.75, 3.05) is 19.3 Å². The van der Waals surface area contributed by atoms with Gasteiger partial charge >= 0.3 is 0 Å². The Hall–Kier alpha value is -1.56. The number of guanidine groups is 1. The second-order valence-electron chi connectivity index (χ2n) is 6.98. The second-order valence-corrected chi connectivity index (χ2v) is 9.01. The summed E-state index contributed by atoms with van der Waals surface area (Å²) in [4.78, 5) is 4.65. The molecular formula is C19H31N3O2S. The number of nitrogens with one attached hydrogen (secondary N) is 2. The molecule has 0 saturated heterocycles. The van der Waals surface area contributed by atoms with Crippen LogP contribution in [0.5, 0.6) is 0 Å². The molecule has 1 aromatic carbocycles. The summed E-state index contributed by atoms with van der Waals surface area (Å²) in [6.07, 6.45) is 5.69. The monoisotopic (exact) mass is 365 g/mol. The second kappa shape index (κ2) is 8.70. The summed E-state index contributed by atoms with van der Waals surface area (Å²) in [6.45, 7) is 5.12. The largest absolute Gasteiger partial charge is 0.356 e. The van der Waals surface area contributed by atoms with Gasteiger partial charge in [-0.2, -0.15) is 0 Å². The van der Waals surface area contributed by atoms with Gasteiger partial charge in [0.25, 0.3) is 0 Å². The summed E-state index contributed by atoms with van der Waals surface area (Å²) in [5.74, 6) is 0.752. The highest BCUT2D eigenvalue weighted by molar-refractivity contribution is 7.91. The number of nitrogens with zero attached hydrogens (tertiary/aromatic N) is 1. The van der Waals surface area contributed by atoms with Gasteiger partial charge < -0.3 is 10.6 Å². The van der Waals surface area contributed by atoms with Crippen LogP contribution in [0.1, 0.15) is 46.0 Å². The lowest BCUT2D eigenvalue weighted by molar-refractivity contribution is 0.131. The van der Waals surface area contributed by atoms with Crippen LogP contribution < -0.4 is 10.6 Å². The van der Waals surface area contributed by atoms with Gasteiger partial charge in [-0.05, 0) is 43.2 Å². The van der Waals surface area contributed by atoms with Crippen LogP contribution in [-0.4, -0.2) is 39.8 Å². The molecule has 0 spiro atoms. The molecule has 1 saturated carbocycles. The van der Waals surface area contributed by atoms with E-state index in [9.17, 15) is 8.42 Å². The predicted octanol–water partition coefficient (Wildman–Crippen LogP) is 2.98. The molecule has 2 rings (SSSR count). The summed E-state index contributed by atoms with van der Waals surface area (Å²) in [7, 11) is -1.58. The van der Waals surface area contributed by atoms with Gasteiger partial charge in [-0.15, -0.1) is 0 Å². The van der Waals surface area contributed by atoms with Crippen molar-refractivity contribution in [1.82, 2.24) is 10.6 Å². The van der Waals surface area contributed by atoms with Crippen LogP contribution >= 0.6 is 0 Å². The third-order valence-corrected chi connectivity index (χ3v) is 7.21. The van der Waals surface area contributed by atoms with Gasteiger partial charge in [0.05, 0.1) is 10.6 Å². The van der Waals surface area contributed by atoms with Gasteiger partial charge in [-0.25, -0.2) is 8.42 Å². The molecule has 1 aromatic rings. The third kappa shape index (κ3) is 5.21. The first-order valence-electron chi connectivity index (χ1n) is 9.19. The predicted molar refractivity (Wildman–Crippen MR) is 104 cm³/mol. The minimum Gasteiger partial charge on any atom is -0.356 e. The smallest absolute Gasteiger partial charge is 0.191 e. The maximum absolute atomic E-state index is 12.6. The van der Waals surface area contributed by atoms with E-state index < -0.39 is 9.84 Å². The SMILES string of the molecule is CCC(CS(=O)(=O)c1ccccc1)NC(=NC)NCC1(CC)CCC1. The fraction of sp³-hybridized carbons (Fsp3) is 0.632. The van der Waals surface area contributed by atoms with E-state index in [2.05, 4.69) is 22.5 Å². The van der Waals surface area contributed by atoms with Gasteiger partial charge in [0.15, 0.2) is 15.8 Å². The lowest BCUT2D eigenvalue weighted by atomic mass is 9.67. The van der Waals surface area contributed by atoms with Crippen molar-refractivity contribution in [3.05, 3.63) is 30.3 Å². The zero-order valence-corrected chi connectivity index (χ0v) is 16.4. The van der Waals surface area contributed by atoms with Crippen LogP contribution in [0, 0.1) is 5.41 Å². The molecule has 0 aromatic heterocycles. The fourth-order valence-electron chi connectivity index (χ4n) is 3.24. The summed E-state index contributed by atoms with van der Waals surface area (Å²) in [5, 5.41) is 6.68. The third-order valence-electron chi connectivity index (χ3n) is 5.38. The van der Waals surface area contributed by atoms with Gasteiger partial charge in [0.2, 0.25) is 0 Å². The first-order chi connectivity index (χ1) is 11.9. The van der Waals surface area contributed by atoms with Crippen molar-refractivity contribution in [2.24, 2.45) is 10.4 Å². The zero-order chi connectivity index (χ0) is 18.3. The fourth-order valence-corrected chi connectivity index (χ4v) is 4.85. The highest BCUT2D eigenvalue weighted by Gasteiger charge is 2.35. The minimum atomic E-state index is -3.31. The molecule has 6 heteroatoms. The molecule has 2 N–H and O–H groups in total. The molecule has 1 fully saturated rings. The van der Waals surface area contributed by atoms with Crippen molar-refractivity contribution in [3.8, 4) is 0 Å². The van der Waals surface area contributed by atoms with Gasteiger partial charge in [0.1, 0.15) is 0 Å². The quantitative estimate of drug-likeness (QED) is 0.549. The molecule has 0 radical (unpaired) electrons. The Labute approximate surface area is 152 Å². The summed E-state index contributed by atoms with van der Waals surface area (Å²) in [6, 6.07) is 8.46. The van der Waals surface area contributed by atoms with E-state index >= 15 is 0 Å². The standard InChI is InChI=1S/C19H31N3O2S/c1-4-16(14-25(23,24)17-10-7-6-8-11-17)22-18(20-3)21-15-19(5-2)12-9-13-19/h6-8,10-11,16H,4-5,9,12-15H2,1-3H3,(H2,20,21,22). The Balaban J connectivity index is 1.95. The molecule has 1 aliphatic carbocycles. The summed E-state index contributed by atoms with van der Waals surface area (Å²) in [5.41, 5.74) is 0.384. The van der Waals surface area contributed by atoms with Gasteiger partial charge in [-0.1, -0.05) is 38.5 Å². The van der Waals surface area contributed by atoms with Crippen LogP contribution in [0.15, 0.2) is 40.2 Å². The highest BCUT2D eigenvalue weighted by atomic mass is 32.2. The molecule has 0 amide bonds. The molecule has 140 valence electrons. The van der Waals surface area contributed by atoms with Crippen LogP contribution in [0.2, 0.25) is 0 Å². The van der Waals surface area contributed by atoms with E-state index in [4.69, 9.17) is 0 Å². The maximum Gasteiger partial charge on any atom is 0.191 e. The first kappa shape index (κ1) is 19.8. The molecule has 0 aliphatic heterocycles. The number of aliphatic imine (C=N–C) groups is 1. The minimum absolute atomic E-state index is 0.0626. The molecule has 5 nitrogen and oxygen atoms in total. The van der Waals surface area contributed by atoms with E-state index in [1.807, 2.05) is 13.0 Å². The molecule has 0 heterocycles. The van der Waals surface area contributed by atoms with Crippen molar-refractivity contribution in [3.63, 3.8) is 0 Å². The van der Waals surface area contributed by atoms with Crippen LogP contribution in [0.4, 0.5) is 0 Å². The number of benzene rings is 1. The van der Waals surface area contributed by atoms with Crippen LogP contribution in [-0.2, 0) is 9.84 Å². The Morgan fingerprint density at radius 3 is 2.40 bits per heavy atom. The Morgan fingerprint density at radius 2 is 1.92 bits per heavy atom. The number of hydrogen-bond acceptors (Lipinski definition) is 3. The normalized spacial score (nSPS) is 18.3. The zero-order valence-electron chi connectivity index (χ0n) is 15.6. The topological polar surface area (TPSA) is 70.6 Å². The Kier molecular flexibility index (Phi) is 6.87. The van der Waals surface area contributed by atoms with E-state index in [1.54, 1.807) is 31.3 Å².